The fraction of sp³-hybridized carbons (Fsp3) is 0.385. The number of halogens is 2. The highest BCUT2D eigenvalue weighted by atomic mass is 35.5. The smallest absolute Gasteiger partial charge is 0.321 e. The van der Waals surface area contributed by atoms with E-state index in [1.165, 1.54) is 23.1 Å². The number of nitrogens with one attached hydrogen (secondary N) is 1. The molecular weight excluding hydrogens is 287 g/mol. The van der Waals surface area contributed by atoms with Gasteiger partial charge in [0, 0.05) is 13.1 Å². The van der Waals surface area contributed by atoms with Gasteiger partial charge in [-0.25, -0.2) is 9.18 Å². The largest absolute Gasteiger partial charge is 0.481 e. The van der Waals surface area contributed by atoms with Crippen molar-refractivity contribution in [3.8, 4) is 0 Å². The fourth-order valence-corrected chi connectivity index (χ4v) is 2.38. The Kier molecular flexibility index (Phi) is 4.44. The van der Waals surface area contributed by atoms with Crippen molar-refractivity contribution in [2.75, 3.05) is 18.4 Å². The van der Waals surface area contributed by atoms with Gasteiger partial charge in [0.2, 0.25) is 0 Å². The van der Waals surface area contributed by atoms with Crippen LogP contribution in [0.15, 0.2) is 18.2 Å². The molecule has 20 heavy (non-hydrogen) atoms. The van der Waals surface area contributed by atoms with Gasteiger partial charge in [-0.05, 0) is 25.0 Å². The van der Waals surface area contributed by atoms with E-state index < -0.39 is 23.7 Å². The summed E-state index contributed by atoms with van der Waals surface area (Å²) in [5, 5.41) is 11.5. The molecule has 0 unspecified atom stereocenters. The number of carbonyl (C=O) groups is 2. The summed E-state index contributed by atoms with van der Waals surface area (Å²) in [6.45, 7) is 0.564. The quantitative estimate of drug-likeness (QED) is 0.882. The maximum absolute atomic E-state index is 13.6. The molecule has 0 bridgehead atoms. The maximum atomic E-state index is 13.6. The van der Waals surface area contributed by atoms with Gasteiger partial charge in [0.05, 0.1) is 16.6 Å². The van der Waals surface area contributed by atoms with Crippen LogP contribution in [-0.2, 0) is 4.79 Å². The summed E-state index contributed by atoms with van der Waals surface area (Å²) in [6, 6.07) is 3.56. The fourth-order valence-electron chi connectivity index (χ4n) is 2.17. The molecule has 1 fully saturated rings. The summed E-state index contributed by atoms with van der Waals surface area (Å²) in [6.07, 6.45) is 1.15. The first kappa shape index (κ1) is 14.6. The Balaban J connectivity index is 2.06. The van der Waals surface area contributed by atoms with Crippen molar-refractivity contribution in [2.24, 2.45) is 5.92 Å². The molecular formula is C13H14ClFN2O3. The highest BCUT2D eigenvalue weighted by molar-refractivity contribution is 6.33. The zero-order chi connectivity index (χ0) is 14.7. The Morgan fingerprint density at radius 2 is 2.20 bits per heavy atom. The number of carbonyl (C=O) groups excluding carboxylic acids is 1. The number of hydrogen-bond acceptors (Lipinski definition) is 2. The van der Waals surface area contributed by atoms with E-state index in [1.807, 2.05) is 0 Å². The molecule has 0 spiro atoms. The minimum atomic E-state index is -0.925. The molecule has 2 rings (SSSR count). The molecule has 2 N–H and O–H groups in total. The maximum Gasteiger partial charge on any atom is 0.321 e. The predicted molar refractivity (Wildman–Crippen MR) is 72.4 cm³/mol. The van der Waals surface area contributed by atoms with E-state index in [2.05, 4.69) is 5.32 Å². The van der Waals surface area contributed by atoms with Gasteiger partial charge >= 0.3 is 12.0 Å². The second-order valence-corrected chi connectivity index (χ2v) is 5.06. The van der Waals surface area contributed by atoms with Crippen LogP contribution in [0.2, 0.25) is 5.02 Å². The zero-order valence-electron chi connectivity index (χ0n) is 10.6. The van der Waals surface area contributed by atoms with Gasteiger partial charge in [-0.15, -0.1) is 0 Å². The predicted octanol–water partition coefficient (Wildman–Crippen LogP) is 2.81. The van der Waals surface area contributed by atoms with Gasteiger partial charge in [-0.1, -0.05) is 17.7 Å². The second-order valence-electron chi connectivity index (χ2n) is 4.65. The second kappa shape index (κ2) is 6.09. The third-order valence-electron chi connectivity index (χ3n) is 3.25. The molecule has 0 aliphatic carbocycles. The summed E-state index contributed by atoms with van der Waals surface area (Å²) in [4.78, 5) is 24.4. The van der Waals surface area contributed by atoms with Crippen LogP contribution in [-0.4, -0.2) is 35.1 Å². The van der Waals surface area contributed by atoms with Crippen LogP contribution in [0.1, 0.15) is 12.8 Å². The molecule has 1 aromatic carbocycles. The van der Waals surface area contributed by atoms with Crippen LogP contribution in [0.3, 0.4) is 0 Å². The number of urea groups is 1. The lowest BCUT2D eigenvalue weighted by atomic mass is 9.99. The van der Waals surface area contributed by atoms with Gasteiger partial charge in [0.1, 0.15) is 5.82 Å². The van der Waals surface area contributed by atoms with Gasteiger partial charge in [-0.3, -0.25) is 4.79 Å². The minimum absolute atomic E-state index is 0.0865. The normalized spacial score (nSPS) is 18.7. The van der Waals surface area contributed by atoms with Gasteiger partial charge in [0.15, 0.2) is 0 Å². The SMILES string of the molecule is O=C(O)[C@H]1CCCN(C(=O)Nc2c(F)cccc2Cl)C1. The van der Waals surface area contributed by atoms with E-state index in [-0.39, 0.29) is 17.3 Å². The number of carboxylic acid groups (broad SMARTS) is 1. The number of hydrogen-bond donors (Lipinski definition) is 2. The van der Waals surface area contributed by atoms with Crippen molar-refractivity contribution in [1.29, 1.82) is 0 Å². The standard InChI is InChI=1S/C13H14ClFN2O3/c14-9-4-1-5-10(15)11(9)16-13(20)17-6-2-3-8(7-17)12(18)19/h1,4-5,8H,2-3,6-7H2,(H,16,20)(H,18,19)/t8-/m0/s1. The first-order chi connectivity index (χ1) is 9.49. The van der Waals surface area contributed by atoms with Gasteiger partial charge < -0.3 is 15.3 Å². The Morgan fingerprint density at radius 3 is 2.85 bits per heavy atom. The van der Waals surface area contributed by atoms with Crippen molar-refractivity contribution in [1.82, 2.24) is 4.90 Å². The van der Waals surface area contributed by atoms with Gasteiger partial charge in [-0.2, -0.15) is 0 Å². The Bertz CT molecular complexity index is 518. The van der Waals surface area contributed by atoms with Crippen LogP contribution in [0.4, 0.5) is 14.9 Å². The lowest BCUT2D eigenvalue weighted by Crippen LogP contribution is -2.44. The molecule has 1 atom stereocenters. The van der Waals surface area contributed by atoms with Crippen molar-refractivity contribution >= 4 is 29.3 Å². The van der Waals surface area contributed by atoms with E-state index in [9.17, 15) is 14.0 Å². The number of carboxylic acids is 1. The summed E-state index contributed by atoms with van der Waals surface area (Å²) in [5.74, 6) is -2.13. The minimum Gasteiger partial charge on any atom is -0.481 e. The average Bonchev–Trinajstić information content (AvgIpc) is 2.43. The number of amides is 2. The van der Waals surface area contributed by atoms with E-state index in [0.717, 1.165) is 0 Å². The zero-order valence-corrected chi connectivity index (χ0v) is 11.4. The molecule has 7 heteroatoms. The Labute approximate surface area is 120 Å². The van der Waals surface area contributed by atoms with E-state index in [1.54, 1.807) is 0 Å². The number of aliphatic carboxylic acids is 1. The van der Waals surface area contributed by atoms with Crippen LogP contribution in [0.5, 0.6) is 0 Å². The highest BCUT2D eigenvalue weighted by Crippen LogP contribution is 2.25. The Hall–Kier alpha value is -1.82. The van der Waals surface area contributed by atoms with Crippen LogP contribution in [0.25, 0.3) is 0 Å². The number of rotatable bonds is 2. The molecule has 1 aromatic rings. The van der Waals surface area contributed by atoms with E-state index in [4.69, 9.17) is 16.7 Å². The molecule has 0 saturated carbocycles. The van der Waals surface area contributed by atoms with E-state index in [0.29, 0.717) is 19.4 Å². The van der Waals surface area contributed by atoms with Crippen molar-refractivity contribution < 1.29 is 19.1 Å². The molecule has 0 aromatic heterocycles. The number of para-hydroxylation sites is 1. The van der Waals surface area contributed by atoms with Crippen LogP contribution in [0, 0.1) is 11.7 Å². The summed E-state index contributed by atoms with van der Waals surface area (Å²) in [7, 11) is 0. The molecule has 2 amide bonds. The van der Waals surface area contributed by atoms with Crippen LogP contribution < -0.4 is 5.32 Å². The topological polar surface area (TPSA) is 69.6 Å². The first-order valence-electron chi connectivity index (χ1n) is 6.22. The number of nitrogens with zero attached hydrogens (tertiary/aromatic N) is 1. The molecule has 1 heterocycles. The molecule has 1 aliphatic rings. The first-order valence-corrected chi connectivity index (χ1v) is 6.59. The number of likely N-dealkylation sites (tertiary alicyclic amines) is 1. The number of piperidine rings is 1. The van der Waals surface area contributed by atoms with Gasteiger partial charge in [0.25, 0.3) is 0 Å². The highest BCUT2D eigenvalue weighted by Gasteiger charge is 2.28. The third kappa shape index (κ3) is 3.19. The number of anilines is 1. The summed E-state index contributed by atoms with van der Waals surface area (Å²) in [5.41, 5.74) is -0.0865. The summed E-state index contributed by atoms with van der Waals surface area (Å²) >= 11 is 5.82. The average molecular weight is 301 g/mol. The number of benzene rings is 1. The Morgan fingerprint density at radius 1 is 1.45 bits per heavy atom. The molecule has 1 saturated heterocycles. The molecule has 108 valence electrons. The van der Waals surface area contributed by atoms with Crippen molar-refractivity contribution in [2.45, 2.75) is 12.8 Å². The summed E-state index contributed by atoms with van der Waals surface area (Å²) < 4.78 is 13.6. The lowest BCUT2D eigenvalue weighted by molar-refractivity contribution is -0.143. The van der Waals surface area contributed by atoms with Crippen molar-refractivity contribution in [3.63, 3.8) is 0 Å². The molecule has 1 aliphatic heterocycles. The van der Waals surface area contributed by atoms with Crippen molar-refractivity contribution in [3.05, 3.63) is 29.0 Å². The van der Waals surface area contributed by atoms with Crippen LogP contribution >= 0.6 is 11.6 Å². The lowest BCUT2D eigenvalue weighted by Gasteiger charge is -2.30. The molecule has 5 nitrogen and oxygen atoms in total. The van der Waals surface area contributed by atoms with E-state index >= 15 is 0 Å². The third-order valence-corrected chi connectivity index (χ3v) is 3.57. The molecule has 0 radical (unpaired) electrons. The monoisotopic (exact) mass is 300 g/mol.